The first-order valence-electron chi connectivity index (χ1n) is 8.93. The van der Waals surface area contributed by atoms with Gasteiger partial charge in [0.2, 0.25) is 5.91 Å². The summed E-state index contributed by atoms with van der Waals surface area (Å²) in [5.41, 5.74) is 2.62. The molecule has 1 aromatic heterocycles. The number of carboxylic acid groups (broad SMARTS) is 1. The second kappa shape index (κ2) is 7.15. The molecule has 138 valence electrons. The number of rotatable bonds is 5. The highest BCUT2D eigenvalue weighted by atomic mass is 16.5. The fraction of sp³-hybridized carbons (Fsp3) is 0.238. The predicted molar refractivity (Wildman–Crippen MR) is 101 cm³/mol. The molecule has 0 aliphatic carbocycles. The summed E-state index contributed by atoms with van der Waals surface area (Å²) in [6.07, 6.45) is 2.55. The van der Waals surface area contributed by atoms with Crippen molar-refractivity contribution in [2.45, 2.75) is 24.8 Å². The summed E-state index contributed by atoms with van der Waals surface area (Å²) >= 11 is 0. The highest BCUT2D eigenvalue weighted by molar-refractivity contribution is 5.90. The maximum absolute atomic E-state index is 12.8. The van der Waals surface area contributed by atoms with E-state index in [2.05, 4.69) is 10.3 Å². The monoisotopic (exact) mass is 364 g/mol. The fourth-order valence-electron chi connectivity index (χ4n) is 3.61. The van der Waals surface area contributed by atoms with Crippen molar-refractivity contribution in [2.24, 2.45) is 0 Å². The zero-order valence-electron chi connectivity index (χ0n) is 14.6. The number of para-hydroxylation sites is 2. The number of carboxylic acids is 1. The van der Waals surface area contributed by atoms with Crippen molar-refractivity contribution in [3.63, 3.8) is 0 Å². The number of amides is 1. The van der Waals surface area contributed by atoms with E-state index in [1.165, 1.54) is 0 Å². The summed E-state index contributed by atoms with van der Waals surface area (Å²) in [4.78, 5) is 27.7. The third-order valence-electron chi connectivity index (χ3n) is 4.99. The van der Waals surface area contributed by atoms with Gasteiger partial charge in [-0.2, -0.15) is 0 Å². The van der Waals surface area contributed by atoms with Gasteiger partial charge < -0.3 is 20.1 Å². The molecule has 3 N–H and O–H groups in total. The molecular formula is C21H20N2O4. The van der Waals surface area contributed by atoms with E-state index in [9.17, 15) is 14.7 Å². The van der Waals surface area contributed by atoms with Crippen LogP contribution in [0.4, 0.5) is 0 Å². The first-order chi connectivity index (χ1) is 13.1. The maximum atomic E-state index is 12.8. The average molecular weight is 364 g/mol. The smallest absolute Gasteiger partial charge is 0.326 e. The normalized spacial score (nSPS) is 17.0. The van der Waals surface area contributed by atoms with E-state index in [1.54, 1.807) is 6.20 Å². The van der Waals surface area contributed by atoms with Gasteiger partial charge in [0.25, 0.3) is 0 Å². The number of aromatic nitrogens is 1. The van der Waals surface area contributed by atoms with Gasteiger partial charge >= 0.3 is 5.97 Å². The molecule has 0 saturated heterocycles. The summed E-state index contributed by atoms with van der Waals surface area (Å²) in [5, 5.41) is 13.3. The standard InChI is InChI=1S/C21H20N2O4/c24-20(16-9-10-27-19-8-4-2-6-15(16)19)23-18(21(25)26)11-13-12-22-17-7-3-1-5-14(13)17/h1-8,12,16,18,22H,9-11H2,(H,23,24)(H,25,26)/t16-,18+/m1/s1. The topological polar surface area (TPSA) is 91.4 Å². The number of hydrogen-bond donors (Lipinski definition) is 3. The second-order valence-electron chi connectivity index (χ2n) is 6.69. The summed E-state index contributed by atoms with van der Waals surface area (Å²) < 4.78 is 5.59. The van der Waals surface area contributed by atoms with E-state index in [0.717, 1.165) is 22.0 Å². The van der Waals surface area contributed by atoms with Crippen molar-refractivity contribution in [3.05, 3.63) is 65.9 Å². The molecule has 0 fully saturated rings. The van der Waals surface area contributed by atoms with Crippen molar-refractivity contribution in [3.8, 4) is 5.75 Å². The highest BCUT2D eigenvalue weighted by Gasteiger charge is 2.30. The van der Waals surface area contributed by atoms with Gasteiger partial charge in [0.15, 0.2) is 0 Å². The van der Waals surface area contributed by atoms with Crippen LogP contribution in [0.1, 0.15) is 23.5 Å². The van der Waals surface area contributed by atoms with Crippen molar-refractivity contribution < 1.29 is 19.4 Å². The SMILES string of the molecule is O=C(O)[C@H](Cc1c[nH]c2ccccc12)NC(=O)[C@@H]1CCOc2ccccc21. The zero-order chi connectivity index (χ0) is 18.8. The van der Waals surface area contributed by atoms with Crippen molar-refractivity contribution >= 4 is 22.8 Å². The van der Waals surface area contributed by atoms with E-state index in [1.807, 2.05) is 48.5 Å². The Morgan fingerprint density at radius 3 is 2.81 bits per heavy atom. The van der Waals surface area contributed by atoms with E-state index >= 15 is 0 Å². The number of carbonyl (C=O) groups excluding carboxylic acids is 1. The molecule has 1 amide bonds. The van der Waals surface area contributed by atoms with Crippen molar-refractivity contribution in [1.29, 1.82) is 0 Å². The minimum absolute atomic E-state index is 0.218. The molecular weight excluding hydrogens is 344 g/mol. The Balaban J connectivity index is 1.54. The van der Waals surface area contributed by atoms with E-state index < -0.39 is 17.9 Å². The van der Waals surface area contributed by atoms with E-state index in [0.29, 0.717) is 18.8 Å². The van der Waals surface area contributed by atoms with Crippen LogP contribution in [0.3, 0.4) is 0 Å². The zero-order valence-corrected chi connectivity index (χ0v) is 14.6. The van der Waals surface area contributed by atoms with Crippen LogP contribution in [0.25, 0.3) is 10.9 Å². The highest BCUT2D eigenvalue weighted by Crippen LogP contribution is 2.33. The molecule has 0 unspecified atom stereocenters. The van der Waals surface area contributed by atoms with Gasteiger partial charge in [0, 0.05) is 29.1 Å². The molecule has 0 radical (unpaired) electrons. The van der Waals surface area contributed by atoms with Crippen LogP contribution in [0.15, 0.2) is 54.7 Å². The quantitative estimate of drug-likeness (QED) is 0.649. The van der Waals surface area contributed by atoms with Gasteiger partial charge in [-0.05, 0) is 24.1 Å². The average Bonchev–Trinajstić information content (AvgIpc) is 3.10. The second-order valence-corrected chi connectivity index (χ2v) is 6.69. The number of hydrogen-bond acceptors (Lipinski definition) is 3. The number of H-pyrrole nitrogens is 1. The van der Waals surface area contributed by atoms with Crippen LogP contribution in [-0.4, -0.2) is 34.6 Å². The van der Waals surface area contributed by atoms with E-state index in [4.69, 9.17) is 4.74 Å². The first-order valence-corrected chi connectivity index (χ1v) is 8.93. The number of nitrogens with one attached hydrogen (secondary N) is 2. The molecule has 1 aliphatic rings. The molecule has 3 aromatic rings. The lowest BCUT2D eigenvalue weighted by Crippen LogP contribution is -2.45. The Morgan fingerprint density at radius 2 is 1.96 bits per heavy atom. The largest absolute Gasteiger partial charge is 0.493 e. The summed E-state index contributed by atoms with van der Waals surface area (Å²) in [5.74, 6) is -1.04. The number of carbonyl (C=O) groups is 2. The predicted octanol–water partition coefficient (Wildman–Crippen LogP) is 2.85. The number of ether oxygens (including phenoxy) is 1. The molecule has 0 spiro atoms. The lowest BCUT2D eigenvalue weighted by atomic mass is 9.92. The Labute approximate surface area is 156 Å². The third-order valence-corrected chi connectivity index (χ3v) is 4.99. The lowest BCUT2D eigenvalue weighted by molar-refractivity contribution is -0.142. The van der Waals surface area contributed by atoms with Crippen LogP contribution in [0.5, 0.6) is 5.75 Å². The first kappa shape index (κ1) is 17.1. The molecule has 6 nitrogen and oxygen atoms in total. The molecule has 2 atom stereocenters. The number of fused-ring (bicyclic) bond motifs is 2. The Morgan fingerprint density at radius 1 is 1.19 bits per heavy atom. The fourth-order valence-corrected chi connectivity index (χ4v) is 3.61. The minimum atomic E-state index is -1.05. The Hall–Kier alpha value is -3.28. The van der Waals surface area contributed by atoms with Crippen molar-refractivity contribution in [1.82, 2.24) is 10.3 Å². The van der Waals surface area contributed by atoms with Gasteiger partial charge in [0.05, 0.1) is 12.5 Å². The minimum Gasteiger partial charge on any atom is -0.493 e. The molecule has 0 saturated carbocycles. The van der Waals surface area contributed by atoms with Crippen molar-refractivity contribution in [2.75, 3.05) is 6.61 Å². The lowest BCUT2D eigenvalue weighted by Gasteiger charge is -2.26. The van der Waals surface area contributed by atoms with Crippen LogP contribution < -0.4 is 10.1 Å². The molecule has 0 bridgehead atoms. The van der Waals surface area contributed by atoms with Gasteiger partial charge in [-0.1, -0.05) is 36.4 Å². The molecule has 6 heteroatoms. The molecule has 2 aromatic carbocycles. The molecule has 27 heavy (non-hydrogen) atoms. The number of aliphatic carboxylic acids is 1. The third kappa shape index (κ3) is 3.38. The van der Waals surface area contributed by atoms with Gasteiger partial charge in [-0.25, -0.2) is 4.79 Å². The number of aromatic amines is 1. The molecule has 4 rings (SSSR count). The summed E-state index contributed by atoms with van der Waals surface area (Å²) in [6, 6.07) is 14.1. The van der Waals surface area contributed by atoms with Crippen LogP contribution >= 0.6 is 0 Å². The van der Waals surface area contributed by atoms with Gasteiger partial charge in [-0.15, -0.1) is 0 Å². The Bertz CT molecular complexity index is 995. The van der Waals surface area contributed by atoms with Crippen LogP contribution in [0, 0.1) is 0 Å². The number of benzene rings is 2. The Kier molecular flexibility index (Phi) is 4.54. The summed E-state index contributed by atoms with van der Waals surface area (Å²) in [6.45, 7) is 0.440. The van der Waals surface area contributed by atoms with E-state index in [-0.39, 0.29) is 12.3 Å². The molecule has 2 heterocycles. The molecule has 1 aliphatic heterocycles. The summed E-state index contributed by atoms with van der Waals surface area (Å²) in [7, 11) is 0. The van der Waals surface area contributed by atoms with Gasteiger partial charge in [0.1, 0.15) is 11.8 Å². The van der Waals surface area contributed by atoms with Crippen LogP contribution in [-0.2, 0) is 16.0 Å². The van der Waals surface area contributed by atoms with Crippen LogP contribution in [0.2, 0.25) is 0 Å². The van der Waals surface area contributed by atoms with Gasteiger partial charge in [-0.3, -0.25) is 4.79 Å². The maximum Gasteiger partial charge on any atom is 0.326 e.